The summed E-state index contributed by atoms with van der Waals surface area (Å²) in [6.07, 6.45) is 2.63. The molecule has 0 aliphatic rings. The normalized spacial score (nSPS) is 11.8. The standard InChI is InChI=1S/C15H20ClNO2/c1-15(2,3)10-17(4)13-7-5-11(9-12(13)16)6-8-14(18)19/h5-9H,10H2,1-4H3,(H,18,19)/b8-6+. The number of hydrogen-bond donors (Lipinski definition) is 1. The molecule has 104 valence electrons. The van der Waals surface area contributed by atoms with Crippen LogP contribution >= 0.6 is 11.6 Å². The Labute approximate surface area is 119 Å². The third kappa shape index (κ3) is 5.35. The largest absolute Gasteiger partial charge is 0.478 e. The van der Waals surface area contributed by atoms with Gasteiger partial charge in [-0.1, -0.05) is 38.4 Å². The Kier molecular flexibility index (Phi) is 5.01. The van der Waals surface area contributed by atoms with Gasteiger partial charge in [0.05, 0.1) is 10.7 Å². The number of carboxylic acids is 1. The Hall–Kier alpha value is -1.48. The van der Waals surface area contributed by atoms with E-state index in [0.717, 1.165) is 23.9 Å². The number of benzene rings is 1. The zero-order valence-corrected chi connectivity index (χ0v) is 12.5. The van der Waals surface area contributed by atoms with Crippen LogP contribution in [0.1, 0.15) is 26.3 Å². The van der Waals surface area contributed by atoms with Gasteiger partial charge in [-0.15, -0.1) is 0 Å². The summed E-state index contributed by atoms with van der Waals surface area (Å²) in [5.74, 6) is -0.968. The minimum atomic E-state index is -0.968. The first-order valence-electron chi connectivity index (χ1n) is 6.11. The minimum absolute atomic E-state index is 0.181. The Morgan fingerprint density at radius 3 is 2.53 bits per heavy atom. The van der Waals surface area contributed by atoms with Gasteiger partial charge in [-0.3, -0.25) is 0 Å². The molecule has 0 unspecified atom stereocenters. The number of aliphatic carboxylic acids is 1. The van der Waals surface area contributed by atoms with Gasteiger partial charge in [-0.2, -0.15) is 0 Å². The average Bonchev–Trinajstić information content (AvgIpc) is 2.23. The molecule has 0 heterocycles. The van der Waals surface area contributed by atoms with Gasteiger partial charge in [-0.05, 0) is 29.2 Å². The van der Waals surface area contributed by atoms with Crippen LogP contribution < -0.4 is 4.90 Å². The summed E-state index contributed by atoms with van der Waals surface area (Å²) in [7, 11) is 2.00. The van der Waals surface area contributed by atoms with E-state index in [1.807, 2.05) is 19.2 Å². The number of anilines is 1. The molecule has 0 aliphatic carbocycles. The molecule has 1 N–H and O–H groups in total. The molecule has 0 atom stereocenters. The Bertz CT molecular complexity index is 489. The maximum Gasteiger partial charge on any atom is 0.328 e. The van der Waals surface area contributed by atoms with Gasteiger partial charge in [0.25, 0.3) is 0 Å². The molecule has 0 saturated heterocycles. The lowest BCUT2D eigenvalue weighted by Gasteiger charge is -2.29. The summed E-state index contributed by atoms with van der Waals surface area (Å²) in [4.78, 5) is 12.6. The molecule has 1 rings (SSSR count). The molecule has 0 fully saturated rings. The lowest BCUT2D eigenvalue weighted by molar-refractivity contribution is -0.131. The third-order valence-corrected chi connectivity index (χ3v) is 2.82. The van der Waals surface area contributed by atoms with Gasteiger partial charge in [-0.25, -0.2) is 4.79 Å². The summed E-state index contributed by atoms with van der Waals surface area (Å²) < 4.78 is 0. The van der Waals surface area contributed by atoms with Crippen molar-refractivity contribution in [3.8, 4) is 0 Å². The van der Waals surface area contributed by atoms with Crippen LogP contribution in [0, 0.1) is 5.41 Å². The van der Waals surface area contributed by atoms with E-state index in [4.69, 9.17) is 16.7 Å². The van der Waals surface area contributed by atoms with Gasteiger partial charge in [0, 0.05) is 19.7 Å². The van der Waals surface area contributed by atoms with Crippen molar-refractivity contribution in [3.63, 3.8) is 0 Å². The van der Waals surface area contributed by atoms with Crippen molar-refractivity contribution in [2.45, 2.75) is 20.8 Å². The fourth-order valence-electron chi connectivity index (χ4n) is 1.90. The molecule has 1 aromatic rings. The summed E-state index contributed by atoms with van der Waals surface area (Å²) >= 11 is 6.25. The summed E-state index contributed by atoms with van der Waals surface area (Å²) in [5, 5.41) is 9.21. The monoisotopic (exact) mass is 281 g/mol. The van der Waals surface area contributed by atoms with Crippen LogP contribution in [0.15, 0.2) is 24.3 Å². The first-order chi connectivity index (χ1) is 8.69. The Morgan fingerprint density at radius 1 is 1.42 bits per heavy atom. The van der Waals surface area contributed by atoms with Gasteiger partial charge >= 0.3 is 5.97 Å². The number of carbonyl (C=O) groups is 1. The van der Waals surface area contributed by atoms with Crippen molar-refractivity contribution in [3.05, 3.63) is 34.9 Å². The number of nitrogens with zero attached hydrogens (tertiary/aromatic N) is 1. The summed E-state index contributed by atoms with van der Waals surface area (Å²) in [6.45, 7) is 7.39. The predicted molar refractivity (Wildman–Crippen MR) is 80.8 cm³/mol. The topological polar surface area (TPSA) is 40.5 Å². The summed E-state index contributed by atoms with van der Waals surface area (Å²) in [5.41, 5.74) is 1.91. The molecule has 3 nitrogen and oxygen atoms in total. The van der Waals surface area contributed by atoms with Crippen LogP contribution in [0.25, 0.3) is 6.08 Å². The van der Waals surface area contributed by atoms with E-state index in [9.17, 15) is 4.79 Å². The van der Waals surface area contributed by atoms with Crippen molar-refractivity contribution in [2.75, 3.05) is 18.5 Å². The van der Waals surface area contributed by atoms with Crippen molar-refractivity contribution in [1.82, 2.24) is 0 Å². The van der Waals surface area contributed by atoms with Crippen molar-refractivity contribution in [1.29, 1.82) is 0 Å². The fraction of sp³-hybridized carbons (Fsp3) is 0.400. The van der Waals surface area contributed by atoms with Crippen LogP contribution in [0.2, 0.25) is 5.02 Å². The maximum absolute atomic E-state index is 10.5. The molecule has 0 saturated carbocycles. The zero-order valence-electron chi connectivity index (χ0n) is 11.8. The van der Waals surface area contributed by atoms with Crippen LogP contribution in [-0.4, -0.2) is 24.7 Å². The smallest absolute Gasteiger partial charge is 0.328 e. The highest BCUT2D eigenvalue weighted by molar-refractivity contribution is 6.33. The van der Waals surface area contributed by atoms with Gasteiger partial charge in [0.1, 0.15) is 0 Å². The molecule has 0 bridgehead atoms. The Balaban J connectivity index is 2.91. The average molecular weight is 282 g/mol. The van der Waals surface area contributed by atoms with Crippen molar-refractivity contribution in [2.24, 2.45) is 5.41 Å². The van der Waals surface area contributed by atoms with Crippen LogP contribution in [0.4, 0.5) is 5.69 Å². The molecule has 19 heavy (non-hydrogen) atoms. The molecule has 1 aromatic carbocycles. The van der Waals surface area contributed by atoms with E-state index in [2.05, 4.69) is 25.7 Å². The van der Waals surface area contributed by atoms with E-state index in [1.165, 1.54) is 6.08 Å². The SMILES string of the molecule is CN(CC(C)(C)C)c1ccc(/C=C/C(=O)O)cc1Cl. The summed E-state index contributed by atoms with van der Waals surface area (Å²) in [6, 6.07) is 5.55. The lowest BCUT2D eigenvalue weighted by Crippen LogP contribution is -2.29. The molecule has 0 spiro atoms. The lowest BCUT2D eigenvalue weighted by atomic mass is 9.96. The van der Waals surface area contributed by atoms with E-state index in [0.29, 0.717) is 5.02 Å². The predicted octanol–water partition coefficient (Wildman–Crippen LogP) is 3.92. The second-order valence-electron chi connectivity index (χ2n) is 5.80. The highest BCUT2D eigenvalue weighted by atomic mass is 35.5. The molecular weight excluding hydrogens is 262 g/mol. The van der Waals surface area contributed by atoms with Gasteiger partial charge in [0.2, 0.25) is 0 Å². The molecule has 0 aliphatic heterocycles. The molecule has 0 radical (unpaired) electrons. The highest BCUT2D eigenvalue weighted by Gasteiger charge is 2.15. The van der Waals surface area contributed by atoms with Gasteiger partial charge in [0.15, 0.2) is 0 Å². The fourth-order valence-corrected chi connectivity index (χ4v) is 2.23. The van der Waals surface area contributed by atoms with E-state index < -0.39 is 5.97 Å². The minimum Gasteiger partial charge on any atom is -0.478 e. The van der Waals surface area contributed by atoms with Crippen molar-refractivity contribution < 1.29 is 9.90 Å². The molecule has 0 amide bonds. The Morgan fingerprint density at radius 2 is 2.05 bits per heavy atom. The molecular formula is C15H20ClNO2. The van der Waals surface area contributed by atoms with Crippen LogP contribution in [0.5, 0.6) is 0 Å². The van der Waals surface area contributed by atoms with E-state index >= 15 is 0 Å². The number of rotatable bonds is 4. The number of halogens is 1. The van der Waals surface area contributed by atoms with Crippen LogP contribution in [0.3, 0.4) is 0 Å². The molecule has 0 aromatic heterocycles. The second-order valence-corrected chi connectivity index (χ2v) is 6.21. The van der Waals surface area contributed by atoms with Gasteiger partial charge < -0.3 is 10.0 Å². The first kappa shape index (κ1) is 15.6. The first-order valence-corrected chi connectivity index (χ1v) is 6.48. The zero-order chi connectivity index (χ0) is 14.6. The quantitative estimate of drug-likeness (QED) is 0.851. The van der Waals surface area contributed by atoms with E-state index in [-0.39, 0.29) is 5.41 Å². The third-order valence-electron chi connectivity index (χ3n) is 2.51. The highest BCUT2D eigenvalue weighted by Crippen LogP contribution is 2.28. The van der Waals surface area contributed by atoms with E-state index in [1.54, 1.807) is 6.07 Å². The maximum atomic E-state index is 10.5. The van der Waals surface area contributed by atoms with Crippen LogP contribution in [-0.2, 0) is 4.79 Å². The second kappa shape index (κ2) is 6.11. The number of carboxylic acid groups (broad SMARTS) is 1. The molecule has 4 heteroatoms. The van der Waals surface area contributed by atoms with Crippen molar-refractivity contribution >= 4 is 29.3 Å². The number of hydrogen-bond acceptors (Lipinski definition) is 2.